The molecule has 2 heterocycles. The minimum atomic E-state index is 0.275. The Morgan fingerprint density at radius 2 is 2.36 bits per heavy atom. The molecule has 3 heteroatoms. The fraction of sp³-hybridized carbons (Fsp3) is 0.545. The molecule has 2 atom stereocenters. The Labute approximate surface area is 92.2 Å². The zero-order valence-corrected chi connectivity index (χ0v) is 9.55. The summed E-state index contributed by atoms with van der Waals surface area (Å²) >= 11 is 3.49. The third-order valence-corrected chi connectivity index (χ3v) is 4.17. The zero-order chi connectivity index (χ0) is 9.60. The van der Waals surface area contributed by atoms with Crippen LogP contribution in [0.3, 0.4) is 0 Å². The van der Waals surface area contributed by atoms with Crippen molar-refractivity contribution in [2.24, 2.45) is 5.92 Å². The van der Waals surface area contributed by atoms with Gasteiger partial charge in [0.05, 0.1) is 0 Å². The number of hydrogen-bond acceptors (Lipinski definition) is 2. The molecule has 3 rings (SSSR count). The summed E-state index contributed by atoms with van der Waals surface area (Å²) in [6.45, 7) is 1.16. The second kappa shape index (κ2) is 3.04. The van der Waals surface area contributed by atoms with Crippen LogP contribution in [0.1, 0.15) is 24.8 Å². The Bertz CT molecular complexity index is 366. The first-order valence-corrected chi connectivity index (χ1v) is 5.97. The number of rotatable bonds is 1. The molecule has 2 unspecified atom stereocenters. The molecule has 74 valence electrons. The number of fused-ring (bicyclic) bond motifs is 1. The molecule has 1 saturated heterocycles. The summed E-state index contributed by atoms with van der Waals surface area (Å²) in [5.74, 6) is 0.846. The number of hydrogen-bond donors (Lipinski definition) is 1. The van der Waals surface area contributed by atoms with Gasteiger partial charge in [-0.25, -0.2) is 0 Å². The van der Waals surface area contributed by atoms with Gasteiger partial charge in [-0.05, 0) is 59.3 Å². The van der Waals surface area contributed by atoms with Gasteiger partial charge in [-0.3, -0.25) is 4.98 Å². The fourth-order valence-electron chi connectivity index (χ4n) is 2.87. The van der Waals surface area contributed by atoms with Gasteiger partial charge in [-0.15, -0.1) is 0 Å². The van der Waals surface area contributed by atoms with Crippen LogP contribution in [0, 0.1) is 5.92 Å². The minimum absolute atomic E-state index is 0.275. The quantitative estimate of drug-likeness (QED) is 0.831. The van der Waals surface area contributed by atoms with E-state index in [2.05, 4.69) is 32.3 Å². The molecule has 0 spiro atoms. The molecule has 0 radical (unpaired) electrons. The van der Waals surface area contributed by atoms with E-state index in [0.717, 1.165) is 16.9 Å². The van der Waals surface area contributed by atoms with Crippen LogP contribution in [0.25, 0.3) is 0 Å². The van der Waals surface area contributed by atoms with Gasteiger partial charge < -0.3 is 5.32 Å². The highest BCUT2D eigenvalue weighted by atomic mass is 79.9. The second-order valence-electron chi connectivity index (χ2n) is 4.31. The Morgan fingerprint density at radius 3 is 3.00 bits per heavy atom. The summed E-state index contributed by atoms with van der Waals surface area (Å²) in [6.07, 6.45) is 7.83. The van der Waals surface area contributed by atoms with E-state index >= 15 is 0 Å². The van der Waals surface area contributed by atoms with E-state index in [1.165, 1.54) is 24.8 Å². The van der Waals surface area contributed by atoms with Crippen LogP contribution in [0.5, 0.6) is 0 Å². The van der Waals surface area contributed by atoms with Crippen molar-refractivity contribution in [1.29, 1.82) is 0 Å². The van der Waals surface area contributed by atoms with E-state index < -0.39 is 0 Å². The van der Waals surface area contributed by atoms with E-state index in [9.17, 15) is 0 Å². The molecule has 1 N–H and O–H groups in total. The van der Waals surface area contributed by atoms with Crippen molar-refractivity contribution < 1.29 is 0 Å². The molecule has 1 aliphatic heterocycles. The van der Waals surface area contributed by atoms with Crippen molar-refractivity contribution in [1.82, 2.24) is 10.3 Å². The van der Waals surface area contributed by atoms with Crippen molar-refractivity contribution in [3.05, 3.63) is 28.5 Å². The summed E-state index contributed by atoms with van der Waals surface area (Å²) in [4.78, 5) is 4.26. The molecule has 1 aromatic rings. The highest BCUT2D eigenvalue weighted by Gasteiger charge is 2.50. The number of halogens is 1. The largest absolute Gasteiger partial charge is 0.307 e. The van der Waals surface area contributed by atoms with Crippen molar-refractivity contribution in [2.45, 2.75) is 24.8 Å². The molecule has 0 bridgehead atoms. The highest BCUT2D eigenvalue weighted by Crippen LogP contribution is 2.51. The van der Waals surface area contributed by atoms with Gasteiger partial charge in [-0.2, -0.15) is 0 Å². The van der Waals surface area contributed by atoms with Gasteiger partial charge in [0, 0.05) is 22.4 Å². The number of aromatic nitrogens is 1. The van der Waals surface area contributed by atoms with Crippen LogP contribution in [0.4, 0.5) is 0 Å². The first-order valence-electron chi connectivity index (χ1n) is 5.17. The van der Waals surface area contributed by atoms with Gasteiger partial charge in [0.15, 0.2) is 0 Å². The maximum Gasteiger partial charge on any atom is 0.0479 e. The summed E-state index contributed by atoms with van der Waals surface area (Å²) in [6, 6.07) is 2.21. The standard InChI is InChI=1S/C11H13BrN2/c12-10-5-9(6-13-7-10)11-3-1-8(11)2-4-14-11/h5-8,14H,1-4H2. The van der Waals surface area contributed by atoms with E-state index in [0.29, 0.717) is 0 Å². The van der Waals surface area contributed by atoms with Crippen molar-refractivity contribution in [3.63, 3.8) is 0 Å². The normalized spacial score (nSPS) is 35.1. The molecule has 2 nitrogen and oxygen atoms in total. The van der Waals surface area contributed by atoms with E-state index in [1.807, 2.05) is 12.4 Å². The van der Waals surface area contributed by atoms with Gasteiger partial charge in [0.25, 0.3) is 0 Å². The first kappa shape index (κ1) is 8.86. The lowest BCUT2D eigenvalue weighted by Crippen LogP contribution is -2.49. The third-order valence-electron chi connectivity index (χ3n) is 3.74. The molecule has 2 fully saturated rings. The molecule has 1 aromatic heterocycles. The van der Waals surface area contributed by atoms with E-state index in [-0.39, 0.29) is 5.54 Å². The summed E-state index contributed by atoms with van der Waals surface area (Å²) in [5.41, 5.74) is 1.64. The average Bonchev–Trinajstić information content (AvgIpc) is 2.43. The summed E-state index contributed by atoms with van der Waals surface area (Å²) < 4.78 is 1.09. The molecular weight excluding hydrogens is 240 g/mol. The van der Waals surface area contributed by atoms with E-state index in [1.54, 1.807) is 0 Å². The fourth-order valence-corrected chi connectivity index (χ4v) is 3.23. The second-order valence-corrected chi connectivity index (χ2v) is 5.23. The molecule has 2 aliphatic rings. The predicted octanol–water partition coefficient (Wildman–Crippen LogP) is 2.44. The van der Waals surface area contributed by atoms with Gasteiger partial charge in [0.2, 0.25) is 0 Å². The lowest BCUT2D eigenvalue weighted by atomic mass is 9.65. The number of nitrogens with one attached hydrogen (secondary N) is 1. The van der Waals surface area contributed by atoms with Crippen LogP contribution >= 0.6 is 15.9 Å². The Morgan fingerprint density at radius 1 is 1.43 bits per heavy atom. The Balaban J connectivity index is 2.02. The monoisotopic (exact) mass is 252 g/mol. The molecular formula is C11H13BrN2. The highest BCUT2D eigenvalue weighted by molar-refractivity contribution is 9.10. The molecule has 14 heavy (non-hydrogen) atoms. The van der Waals surface area contributed by atoms with Crippen molar-refractivity contribution >= 4 is 15.9 Å². The zero-order valence-electron chi connectivity index (χ0n) is 7.96. The molecule has 0 aromatic carbocycles. The Hall–Kier alpha value is -0.410. The average molecular weight is 253 g/mol. The molecule has 0 amide bonds. The topological polar surface area (TPSA) is 24.9 Å². The molecule has 1 aliphatic carbocycles. The van der Waals surface area contributed by atoms with Gasteiger partial charge in [0.1, 0.15) is 0 Å². The number of pyridine rings is 1. The minimum Gasteiger partial charge on any atom is -0.307 e. The SMILES string of the molecule is Brc1cncc(C23CCC2CCN3)c1. The van der Waals surface area contributed by atoms with Crippen LogP contribution in [-0.2, 0) is 5.54 Å². The summed E-state index contributed by atoms with van der Waals surface area (Å²) in [7, 11) is 0. The van der Waals surface area contributed by atoms with Crippen LogP contribution in [0.15, 0.2) is 22.9 Å². The smallest absolute Gasteiger partial charge is 0.0479 e. The van der Waals surface area contributed by atoms with Gasteiger partial charge >= 0.3 is 0 Å². The lowest BCUT2D eigenvalue weighted by Gasteiger charge is -2.45. The van der Waals surface area contributed by atoms with Crippen molar-refractivity contribution in [2.75, 3.05) is 6.54 Å². The lowest BCUT2D eigenvalue weighted by molar-refractivity contribution is 0.135. The maximum absolute atomic E-state index is 4.26. The van der Waals surface area contributed by atoms with Crippen LogP contribution < -0.4 is 5.32 Å². The number of nitrogens with zero attached hydrogens (tertiary/aromatic N) is 1. The van der Waals surface area contributed by atoms with Crippen LogP contribution in [-0.4, -0.2) is 11.5 Å². The van der Waals surface area contributed by atoms with Crippen molar-refractivity contribution in [3.8, 4) is 0 Å². The van der Waals surface area contributed by atoms with Gasteiger partial charge in [-0.1, -0.05) is 0 Å². The maximum atomic E-state index is 4.26. The predicted molar refractivity (Wildman–Crippen MR) is 59.0 cm³/mol. The summed E-state index contributed by atoms with van der Waals surface area (Å²) in [5, 5.41) is 3.65. The molecule has 1 saturated carbocycles. The van der Waals surface area contributed by atoms with E-state index in [4.69, 9.17) is 0 Å². The van der Waals surface area contributed by atoms with Crippen LogP contribution in [0.2, 0.25) is 0 Å². The Kier molecular flexibility index (Phi) is 1.92. The first-order chi connectivity index (χ1) is 6.81. The third kappa shape index (κ3) is 1.09.